The maximum absolute atomic E-state index is 15.1. The van der Waals surface area contributed by atoms with E-state index in [1.165, 1.54) is 39.5 Å². The second kappa shape index (κ2) is 7.54. The predicted octanol–water partition coefficient (Wildman–Crippen LogP) is 4.79. The van der Waals surface area contributed by atoms with Crippen LogP contribution in [0.1, 0.15) is 41.5 Å². The first-order chi connectivity index (χ1) is 13.3. The van der Waals surface area contributed by atoms with Gasteiger partial charge in [-0.05, 0) is 55.8 Å². The van der Waals surface area contributed by atoms with Gasteiger partial charge in [0.05, 0.1) is 32.5 Å². The maximum atomic E-state index is 15.1. The number of ketones is 1. The van der Waals surface area contributed by atoms with E-state index in [9.17, 15) is 4.79 Å². The lowest BCUT2D eigenvalue weighted by molar-refractivity contribution is 0.0874. The molecule has 3 rings (SSSR count). The molecule has 0 bridgehead atoms. The monoisotopic (exact) mass is 386 g/mol. The van der Waals surface area contributed by atoms with Gasteiger partial charge in [-0.2, -0.15) is 0 Å². The summed E-state index contributed by atoms with van der Waals surface area (Å²) in [6.07, 6.45) is 1.82. The van der Waals surface area contributed by atoms with Crippen LogP contribution in [-0.2, 0) is 0 Å². The van der Waals surface area contributed by atoms with Gasteiger partial charge < -0.3 is 18.9 Å². The molecule has 28 heavy (non-hydrogen) atoms. The summed E-state index contributed by atoms with van der Waals surface area (Å²) in [5.74, 6) is 0.985. The van der Waals surface area contributed by atoms with Gasteiger partial charge in [0.25, 0.3) is 0 Å². The number of carbonyl (C=O) groups excluding carboxylic acids is 1. The summed E-state index contributed by atoms with van der Waals surface area (Å²) in [4.78, 5) is 12.9. The highest BCUT2D eigenvalue weighted by molar-refractivity contribution is 6.03. The van der Waals surface area contributed by atoms with Crippen molar-refractivity contribution >= 4 is 11.9 Å². The minimum Gasteiger partial charge on any atom is -0.495 e. The number of fused-ring (bicyclic) bond motifs is 1. The van der Waals surface area contributed by atoms with Crippen LogP contribution in [0, 0.1) is 0 Å². The molecule has 1 aliphatic rings. The number of hydrogen-bond acceptors (Lipinski definition) is 5. The van der Waals surface area contributed by atoms with E-state index < -0.39 is 17.6 Å². The van der Waals surface area contributed by atoms with Crippen molar-refractivity contribution in [3.05, 3.63) is 53.1 Å². The zero-order chi connectivity index (χ0) is 20.5. The van der Waals surface area contributed by atoms with Crippen LogP contribution in [0.5, 0.6) is 23.0 Å². The molecule has 6 heteroatoms. The molecule has 0 aliphatic carbocycles. The Morgan fingerprint density at radius 2 is 1.75 bits per heavy atom. The summed E-state index contributed by atoms with van der Waals surface area (Å²) in [5, 5.41) is 0. The summed E-state index contributed by atoms with van der Waals surface area (Å²) in [6.45, 7) is 3.85. The molecule has 0 amide bonds. The van der Waals surface area contributed by atoms with Crippen molar-refractivity contribution in [2.45, 2.75) is 25.6 Å². The summed E-state index contributed by atoms with van der Waals surface area (Å²) in [7, 11) is 4.39. The number of ether oxygens (including phenoxy) is 4. The minimum absolute atomic E-state index is 0.150. The highest BCUT2D eigenvalue weighted by atomic mass is 19.1. The zero-order valence-corrected chi connectivity index (χ0v) is 16.5. The number of halogens is 1. The molecule has 148 valence electrons. The highest BCUT2D eigenvalue weighted by Crippen LogP contribution is 2.41. The molecule has 0 radical (unpaired) electrons. The first-order valence-electron chi connectivity index (χ1n) is 8.80. The van der Waals surface area contributed by atoms with Gasteiger partial charge in [0.2, 0.25) is 5.78 Å². The maximum Gasteiger partial charge on any atom is 0.205 e. The predicted molar refractivity (Wildman–Crippen MR) is 104 cm³/mol. The zero-order valence-electron chi connectivity index (χ0n) is 16.5. The van der Waals surface area contributed by atoms with Gasteiger partial charge in [0.1, 0.15) is 17.1 Å². The number of alkyl halides is 1. The third kappa shape index (κ3) is 3.54. The average molecular weight is 386 g/mol. The number of benzene rings is 2. The van der Waals surface area contributed by atoms with Gasteiger partial charge in [0, 0.05) is 0 Å². The van der Waals surface area contributed by atoms with Crippen molar-refractivity contribution in [1.82, 2.24) is 0 Å². The number of methoxy groups -OCH3 is 3. The Morgan fingerprint density at radius 1 is 1.04 bits per heavy atom. The van der Waals surface area contributed by atoms with Crippen molar-refractivity contribution in [1.29, 1.82) is 0 Å². The molecule has 0 N–H and O–H groups in total. The van der Waals surface area contributed by atoms with Crippen LogP contribution >= 0.6 is 0 Å². The summed E-state index contributed by atoms with van der Waals surface area (Å²) in [6, 6.07) is 7.72. The van der Waals surface area contributed by atoms with Crippen molar-refractivity contribution in [2.24, 2.45) is 0 Å². The van der Waals surface area contributed by atoms with Gasteiger partial charge in [-0.15, -0.1) is 0 Å². The van der Waals surface area contributed by atoms with Crippen molar-refractivity contribution in [3.63, 3.8) is 0 Å². The van der Waals surface area contributed by atoms with E-state index in [1.54, 1.807) is 12.1 Å². The quantitative estimate of drug-likeness (QED) is 0.668. The third-order valence-electron chi connectivity index (χ3n) is 4.58. The summed E-state index contributed by atoms with van der Waals surface area (Å²) in [5.41, 5.74) is 0.477. The lowest BCUT2D eigenvalue weighted by Gasteiger charge is -2.29. The van der Waals surface area contributed by atoms with Crippen LogP contribution < -0.4 is 18.9 Å². The molecule has 0 fully saturated rings. The van der Waals surface area contributed by atoms with Crippen LogP contribution in [0.2, 0.25) is 0 Å². The largest absolute Gasteiger partial charge is 0.495 e. The van der Waals surface area contributed by atoms with Gasteiger partial charge in [0.15, 0.2) is 17.7 Å². The van der Waals surface area contributed by atoms with E-state index in [0.29, 0.717) is 22.8 Å². The number of hydrogen-bond donors (Lipinski definition) is 0. The Hall–Kier alpha value is -3.02. The minimum atomic E-state index is -1.88. The standard InChI is InChI=1S/C22H23FO5/c1-22(2)11-10-14-16(28-22)9-7-15(21(14)27-5)20(24)19(23)13-6-8-17(25-3)18(12-13)26-4/h6-12,19H,1-5H3. The van der Waals surface area contributed by atoms with E-state index in [0.717, 1.165) is 0 Å². The van der Waals surface area contributed by atoms with Gasteiger partial charge in [-0.3, -0.25) is 4.79 Å². The van der Waals surface area contributed by atoms with Crippen LogP contribution in [0.15, 0.2) is 36.4 Å². The summed E-state index contributed by atoms with van der Waals surface area (Å²) < 4.78 is 36.8. The first kappa shape index (κ1) is 19.7. The molecular formula is C22H23FO5. The van der Waals surface area contributed by atoms with E-state index in [2.05, 4.69) is 0 Å². The highest BCUT2D eigenvalue weighted by Gasteiger charge is 2.30. The Bertz CT molecular complexity index is 933. The Kier molecular flexibility index (Phi) is 5.31. The third-order valence-corrected chi connectivity index (χ3v) is 4.58. The molecule has 1 atom stereocenters. The molecule has 2 aromatic rings. The van der Waals surface area contributed by atoms with Gasteiger partial charge in [-0.1, -0.05) is 6.07 Å². The normalized spacial score (nSPS) is 15.2. The van der Waals surface area contributed by atoms with Crippen molar-refractivity contribution in [3.8, 4) is 23.0 Å². The molecule has 1 unspecified atom stereocenters. The van der Waals surface area contributed by atoms with Crippen LogP contribution in [-0.4, -0.2) is 32.7 Å². The molecule has 5 nitrogen and oxygen atoms in total. The van der Waals surface area contributed by atoms with E-state index in [-0.39, 0.29) is 16.9 Å². The number of Topliss-reactive ketones (excluding diaryl/α,β-unsaturated/α-hetero) is 1. The fraction of sp³-hybridized carbons (Fsp3) is 0.318. The Morgan fingerprint density at radius 3 is 2.39 bits per heavy atom. The lowest BCUT2D eigenvalue weighted by Crippen LogP contribution is -2.27. The molecule has 1 aliphatic heterocycles. The smallest absolute Gasteiger partial charge is 0.205 e. The molecule has 0 aromatic heterocycles. The fourth-order valence-corrected chi connectivity index (χ4v) is 3.14. The molecule has 0 saturated carbocycles. The van der Waals surface area contributed by atoms with Gasteiger partial charge >= 0.3 is 0 Å². The second-order valence-electron chi connectivity index (χ2n) is 6.94. The number of rotatable bonds is 6. The summed E-state index contributed by atoms with van der Waals surface area (Å²) >= 11 is 0. The average Bonchev–Trinajstić information content (AvgIpc) is 2.70. The second-order valence-corrected chi connectivity index (χ2v) is 6.94. The Labute approximate surface area is 163 Å². The Balaban J connectivity index is 1.99. The van der Waals surface area contributed by atoms with E-state index in [4.69, 9.17) is 18.9 Å². The lowest BCUT2D eigenvalue weighted by atomic mass is 9.95. The SMILES string of the molecule is COc1ccc(C(F)C(=O)c2ccc3c(c2OC)C=CC(C)(C)O3)cc1OC. The van der Waals surface area contributed by atoms with Gasteiger partial charge in [-0.25, -0.2) is 4.39 Å². The van der Waals surface area contributed by atoms with E-state index in [1.807, 2.05) is 26.0 Å². The van der Waals surface area contributed by atoms with Crippen LogP contribution in [0.25, 0.3) is 6.08 Å². The van der Waals surface area contributed by atoms with Crippen LogP contribution in [0.4, 0.5) is 4.39 Å². The molecular weight excluding hydrogens is 363 g/mol. The fourth-order valence-electron chi connectivity index (χ4n) is 3.14. The topological polar surface area (TPSA) is 54.0 Å². The molecule has 0 saturated heterocycles. The number of carbonyl (C=O) groups is 1. The van der Waals surface area contributed by atoms with E-state index >= 15 is 4.39 Å². The van der Waals surface area contributed by atoms with Crippen molar-refractivity contribution < 1.29 is 28.1 Å². The first-order valence-corrected chi connectivity index (χ1v) is 8.80. The van der Waals surface area contributed by atoms with Crippen molar-refractivity contribution in [2.75, 3.05) is 21.3 Å². The van der Waals surface area contributed by atoms with Crippen LogP contribution in [0.3, 0.4) is 0 Å². The molecule has 2 aromatic carbocycles. The molecule has 0 spiro atoms. The molecule has 1 heterocycles.